The molecule has 3 unspecified atom stereocenters. The first-order valence-corrected chi connectivity index (χ1v) is 6.28. The van der Waals surface area contributed by atoms with E-state index < -0.39 is 0 Å². The van der Waals surface area contributed by atoms with E-state index in [0.29, 0.717) is 12.0 Å². The molecule has 0 bridgehead atoms. The first-order valence-electron chi connectivity index (χ1n) is 5.40. The maximum atomic E-state index is 9.23. The fourth-order valence-electron chi connectivity index (χ4n) is 1.58. The number of nitrogens with zero attached hydrogens (tertiary/aromatic N) is 1. The third kappa shape index (κ3) is 4.73. The third-order valence-corrected chi connectivity index (χ3v) is 3.30. The average molecular weight is 228 g/mol. The summed E-state index contributed by atoms with van der Waals surface area (Å²) >= 11 is 1.67. The van der Waals surface area contributed by atoms with E-state index in [1.165, 1.54) is 0 Å². The molecule has 1 aromatic rings. The van der Waals surface area contributed by atoms with Crippen LogP contribution >= 0.6 is 11.3 Å². The molecule has 2 N–H and O–H groups in total. The molecule has 0 spiro atoms. The second kappa shape index (κ2) is 6.20. The molecular weight excluding hydrogens is 208 g/mol. The largest absolute Gasteiger partial charge is 0.393 e. The Kier molecular flexibility index (Phi) is 5.22. The third-order valence-electron chi connectivity index (χ3n) is 2.34. The number of aromatic nitrogens is 1. The van der Waals surface area contributed by atoms with Gasteiger partial charge < -0.3 is 10.4 Å². The van der Waals surface area contributed by atoms with Gasteiger partial charge in [0, 0.05) is 11.6 Å². The highest BCUT2D eigenvalue weighted by molar-refractivity contribution is 7.09. The van der Waals surface area contributed by atoms with Crippen molar-refractivity contribution in [1.82, 2.24) is 10.3 Å². The molecular formula is C11H20N2OS. The van der Waals surface area contributed by atoms with E-state index in [4.69, 9.17) is 0 Å². The maximum Gasteiger partial charge on any atom is 0.109 e. The molecule has 15 heavy (non-hydrogen) atoms. The smallest absolute Gasteiger partial charge is 0.109 e. The zero-order chi connectivity index (χ0) is 11.3. The van der Waals surface area contributed by atoms with Gasteiger partial charge in [-0.25, -0.2) is 4.98 Å². The molecule has 86 valence electrons. The first kappa shape index (κ1) is 12.6. The summed E-state index contributed by atoms with van der Waals surface area (Å²) in [7, 11) is 0. The Hall–Kier alpha value is -0.450. The summed E-state index contributed by atoms with van der Waals surface area (Å²) in [6.45, 7) is 7.02. The molecule has 0 saturated heterocycles. The normalized spacial score (nSPS) is 17.3. The topological polar surface area (TPSA) is 45.1 Å². The second-order valence-electron chi connectivity index (χ2n) is 4.19. The molecule has 4 heteroatoms. The zero-order valence-corrected chi connectivity index (χ0v) is 10.4. The van der Waals surface area contributed by atoms with E-state index in [1.807, 2.05) is 18.5 Å². The lowest BCUT2D eigenvalue weighted by molar-refractivity contribution is 0.162. The van der Waals surface area contributed by atoms with Crippen molar-refractivity contribution in [2.75, 3.05) is 6.54 Å². The molecule has 1 heterocycles. The van der Waals surface area contributed by atoms with Crippen LogP contribution in [0, 0.1) is 5.92 Å². The van der Waals surface area contributed by atoms with Crippen molar-refractivity contribution >= 4 is 11.3 Å². The van der Waals surface area contributed by atoms with Gasteiger partial charge in [0.05, 0.1) is 12.1 Å². The van der Waals surface area contributed by atoms with Crippen molar-refractivity contribution in [2.24, 2.45) is 5.92 Å². The minimum Gasteiger partial charge on any atom is -0.393 e. The van der Waals surface area contributed by atoms with Crippen molar-refractivity contribution in [3.8, 4) is 0 Å². The van der Waals surface area contributed by atoms with Gasteiger partial charge in [0.2, 0.25) is 0 Å². The van der Waals surface area contributed by atoms with Gasteiger partial charge in [-0.1, -0.05) is 6.92 Å². The molecule has 0 aromatic carbocycles. The summed E-state index contributed by atoms with van der Waals surface area (Å²) in [6.07, 6.45) is 2.46. The Morgan fingerprint density at radius 1 is 1.47 bits per heavy atom. The van der Waals surface area contributed by atoms with Crippen LogP contribution in [0.15, 0.2) is 11.6 Å². The van der Waals surface area contributed by atoms with Crippen molar-refractivity contribution in [2.45, 2.75) is 39.3 Å². The van der Waals surface area contributed by atoms with E-state index in [1.54, 1.807) is 11.3 Å². The SMILES string of the molecule is CC(O)CC(C)CNC(C)c1nccs1. The van der Waals surface area contributed by atoms with E-state index in [-0.39, 0.29) is 6.10 Å². The fraction of sp³-hybridized carbons (Fsp3) is 0.727. The van der Waals surface area contributed by atoms with Crippen LogP contribution in [-0.4, -0.2) is 22.7 Å². The Balaban J connectivity index is 2.25. The highest BCUT2D eigenvalue weighted by Gasteiger charge is 2.10. The molecule has 3 atom stereocenters. The second-order valence-corrected chi connectivity index (χ2v) is 5.12. The van der Waals surface area contributed by atoms with Crippen molar-refractivity contribution < 1.29 is 5.11 Å². The summed E-state index contributed by atoms with van der Waals surface area (Å²) in [5.41, 5.74) is 0. The molecule has 0 aliphatic heterocycles. The summed E-state index contributed by atoms with van der Waals surface area (Å²) in [5.74, 6) is 0.493. The van der Waals surface area contributed by atoms with Gasteiger partial charge in [-0.05, 0) is 32.7 Å². The lowest BCUT2D eigenvalue weighted by Gasteiger charge is -2.17. The molecule has 0 amide bonds. The van der Waals surface area contributed by atoms with Gasteiger partial charge >= 0.3 is 0 Å². The quantitative estimate of drug-likeness (QED) is 0.784. The fourth-order valence-corrected chi connectivity index (χ4v) is 2.25. The predicted molar refractivity (Wildman–Crippen MR) is 64.0 cm³/mol. The summed E-state index contributed by atoms with van der Waals surface area (Å²) in [5, 5.41) is 15.8. The van der Waals surface area contributed by atoms with Crippen molar-refractivity contribution in [1.29, 1.82) is 0 Å². The average Bonchev–Trinajstić information content (AvgIpc) is 2.65. The molecule has 0 fully saturated rings. The van der Waals surface area contributed by atoms with E-state index in [2.05, 4.69) is 24.1 Å². The highest BCUT2D eigenvalue weighted by Crippen LogP contribution is 2.15. The van der Waals surface area contributed by atoms with Gasteiger partial charge in [0.25, 0.3) is 0 Å². The van der Waals surface area contributed by atoms with Crippen molar-refractivity contribution in [3.63, 3.8) is 0 Å². The zero-order valence-electron chi connectivity index (χ0n) is 9.60. The van der Waals surface area contributed by atoms with E-state index in [9.17, 15) is 5.11 Å². The van der Waals surface area contributed by atoms with Gasteiger partial charge in [-0.15, -0.1) is 11.3 Å². The van der Waals surface area contributed by atoms with E-state index in [0.717, 1.165) is 18.0 Å². The van der Waals surface area contributed by atoms with Crippen LogP contribution in [0.25, 0.3) is 0 Å². The molecule has 0 radical (unpaired) electrons. The van der Waals surface area contributed by atoms with Crippen molar-refractivity contribution in [3.05, 3.63) is 16.6 Å². The summed E-state index contributed by atoms with van der Waals surface area (Å²) in [6, 6.07) is 0.307. The van der Waals surface area contributed by atoms with Crippen LogP contribution < -0.4 is 5.32 Å². The molecule has 0 aliphatic carbocycles. The number of nitrogens with one attached hydrogen (secondary N) is 1. The molecule has 3 nitrogen and oxygen atoms in total. The number of hydrogen-bond acceptors (Lipinski definition) is 4. The standard InChI is InChI=1S/C11H20N2OS/c1-8(6-9(2)14)7-13-10(3)11-12-4-5-15-11/h4-5,8-10,13-14H,6-7H2,1-3H3. The Bertz CT molecular complexity index is 262. The summed E-state index contributed by atoms with van der Waals surface area (Å²) in [4.78, 5) is 4.26. The van der Waals surface area contributed by atoms with Gasteiger partial charge in [-0.2, -0.15) is 0 Å². The van der Waals surface area contributed by atoms with Crippen LogP contribution in [0.1, 0.15) is 38.2 Å². The Morgan fingerprint density at radius 2 is 2.20 bits per heavy atom. The number of rotatable bonds is 6. The molecule has 0 aliphatic rings. The monoisotopic (exact) mass is 228 g/mol. The first-order chi connectivity index (χ1) is 7.09. The number of hydrogen-bond donors (Lipinski definition) is 2. The van der Waals surface area contributed by atoms with Crippen LogP contribution in [0.4, 0.5) is 0 Å². The molecule has 0 saturated carbocycles. The minimum atomic E-state index is -0.211. The van der Waals surface area contributed by atoms with Crippen LogP contribution in [0.5, 0.6) is 0 Å². The lowest BCUT2D eigenvalue weighted by atomic mass is 10.0. The van der Waals surface area contributed by atoms with Crippen LogP contribution in [-0.2, 0) is 0 Å². The Morgan fingerprint density at radius 3 is 2.73 bits per heavy atom. The predicted octanol–water partition coefficient (Wildman–Crippen LogP) is 2.20. The molecule has 1 rings (SSSR count). The van der Waals surface area contributed by atoms with Gasteiger partial charge in [0.1, 0.15) is 5.01 Å². The van der Waals surface area contributed by atoms with E-state index >= 15 is 0 Å². The number of aliphatic hydroxyl groups excluding tert-OH is 1. The van der Waals surface area contributed by atoms with Crippen LogP contribution in [0.3, 0.4) is 0 Å². The molecule has 1 aromatic heterocycles. The minimum absolute atomic E-state index is 0.211. The van der Waals surface area contributed by atoms with Gasteiger partial charge in [0.15, 0.2) is 0 Å². The number of thiazole rings is 1. The summed E-state index contributed by atoms with van der Waals surface area (Å²) < 4.78 is 0. The highest BCUT2D eigenvalue weighted by atomic mass is 32.1. The van der Waals surface area contributed by atoms with Crippen LogP contribution in [0.2, 0.25) is 0 Å². The number of aliphatic hydroxyl groups is 1. The lowest BCUT2D eigenvalue weighted by Crippen LogP contribution is -2.26. The Labute approximate surface area is 95.6 Å². The maximum absolute atomic E-state index is 9.23. The van der Waals surface area contributed by atoms with Gasteiger partial charge in [-0.3, -0.25) is 0 Å².